The van der Waals surface area contributed by atoms with Crippen LogP contribution in [0, 0.1) is 0 Å². The molecule has 1 rings (SSSR count). The molecule has 1 aromatic heterocycles. The van der Waals surface area contributed by atoms with E-state index in [4.69, 9.17) is 15.6 Å². The van der Waals surface area contributed by atoms with E-state index in [1.807, 2.05) is 4.68 Å². The number of hydrogen-bond acceptors (Lipinski definition) is 3. The zero-order chi connectivity index (χ0) is 13.9. The maximum absolute atomic E-state index is 5.62. The summed E-state index contributed by atoms with van der Waals surface area (Å²) in [5.41, 5.74) is 7.90. The number of hydrogen-bond donors (Lipinski definition) is 1. The molecule has 0 amide bonds. The molecule has 1 aromatic rings. The number of nitrogens with zero attached hydrogens (tertiary/aromatic N) is 2. The maximum Gasteiger partial charge on any atom is 0.215 e. The van der Waals surface area contributed by atoms with Gasteiger partial charge in [-0.3, -0.25) is 0 Å². The van der Waals surface area contributed by atoms with Crippen LogP contribution in [-0.4, -0.2) is 23.4 Å². The van der Waals surface area contributed by atoms with Gasteiger partial charge in [-0.15, -0.1) is 0 Å². The smallest absolute Gasteiger partial charge is 0.215 e. The fourth-order valence-corrected chi connectivity index (χ4v) is 2.09. The van der Waals surface area contributed by atoms with Crippen molar-refractivity contribution in [2.45, 2.75) is 58.9 Å². The highest BCUT2D eigenvalue weighted by molar-refractivity contribution is 5.34. The summed E-state index contributed by atoms with van der Waals surface area (Å²) in [6, 6.07) is 0. The largest absolute Gasteiger partial charge is 0.481 e. The molecule has 0 aliphatic heterocycles. The summed E-state index contributed by atoms with van der Waals surface area (Å²) < 4.78 is 7.58. The second-order valence-corrected chi connectivity index (χ2v) is 6.00. The van der Waals surface area contributed by atoms with Crippen LogP contribution in [0.5, 0.6) is 5.88 Å². The lowest BCUT2D eigenvalue weighted by Gasteiger charge is -2.21. The van der Waals surface area contributed by atoms with Crippen molar-refractivity contribution < 1.29 is 4.74 Å². The van der Waals surface area contributed by atoms with Crippen LogP contribution in [0.15, 0.2) is 0 Å². The summed E-state index contributed by atoms with van der Waals surface area (Å²) in [6.07, 6.45) is 1.90. The molecule has 18 heavy (non-hydrogen) atoms. The standard InChI is InChI=1S/C14H27N3O/c1-10(2)12-11(8-7-9-15)13(18-6)17(16-12)14(3,4)5/h10H,7-9,15H2,1-6H3. The minimum absolute atomic E-state index is 0.0735. The molecule has 0 aliphatic carbocycles. The van der Waals surface area contributed by atoms with Crippen LogP contribution in [0.1, 0.15) is 58.2 Å². The van der Waals surface area contributed by atoms with Crippen molar-refractivity contribution in [3.05, 3.63) is 11.3 Å². The molecule has 0 saturated heterocycles. The van der Waals surface area contributed by atoms with Crippen LogP contribution in [0.2, 0.25) is 0 Å². The van der Waals surface area contributed by atoms with E-state index in [1.54, 1.807) is 7.11 Å². The van der Waals surface area contributed by atoms with Gasteiger partial charge in [-0.25, -0.2) is 4.68 Å². The average molecular weight is 253 g/mol. The molecule has 104 valence electrons. The first kappa shape index (κ1) is 15.0. The van der Waals surface area contributed by atoms with Crippen molar-refractivity contribution in [3.63, 3.8) is 0 Å². The fraction of sp³-hybridized carbons (Fsp3) is 0.786. The molecule has 0 bridgehead atoms. The lowest BCUT2D eigenvalue weighted by molar-refractivity contribution is 0.279. The Balaban J connectivity index is 3.30. The van der Waals surface area contributed by atoms with Crippen LogP contribution >= 0.6 is 0 Å². The highest BCUT2D eigenvalue weighted by Crippen LogP contribution is 2.32. The monoisotopic (exact) mass is 253 g/mol. The topological polar surface area (TPSA) is 53.1 Å². The Hall–Kier alpha value is -1.03. The van der Waals surface area contributed by atoms with Crippen molar-refractivity contribution in [1.29, 1.82) is 0 Å². The first-order valence-corrected chi connectivity index (χ1v) is 6.69. The van der Waals surface area contributed by atoms with Crippen molar-refractivity contribution in [2.75, 3.05) is 13.7 Å². The molecular weight excluding hydrogens is 226 g/mol. The van der Waals surface area contributed by atoms with E-state index in [1.165, 1.54) is 5.56 Å². The Kier molecular flexibility index (Phi) is 4.79. The molecule has 0 spiro atoms. The Morgan fingerprint density at radius 1 is 1.33 bits per heavy atom. The van der Waals surface area contributed by atoms with E-state index in [0.717, 1.165) is 24.4 Å². The third-order valence-electron chi connectivity index (χ3n) is 2.97. The molecule has 0 unspecified atom stereocenters. The van der Waals surface area contributed by atoms with Crippen LogP contribution in [0.3, 0.4) is 0 Å². The van der Waals surface area contributed by atoms with Gasteiger partial charge in [0.25, 0.3) is 0 Å². The second-order valence-electron chi connectivity index (χ2n) is 6.00. The molecule has 0 radical (unpaired) electrons. The van der Waals surface area contributed by atoms with Gasteiger partial charge in [0.15, 0.2) is 0 Å². The maximum atomic E-state index is 5.62. The van der Waals surface area contributed by atoms with Gasteiger partial charge >= 0.3 is 0 Å². The first-order chi connectivity index (χ1) is 8.32. The SMILES string of the molecule is COc1c(CCCN)c(C(C)C)nn1C(C)(C)C. The zero-order valence-electron chi connectivity index (χ0n) is 12.6. The molecule has 4 nitrogen and oxygen atoms in total. The summed E-state index contributed by atoms with van der Waals surface area (Å²) in [6.45, 7) is 11.4. The predicted octanol–water partition coefficient (Wildman–Crippen LogP) is 2.66. The number of rotatable bonds is 5. The van der Waals surface area contributed by atoms with Gasteiger partial charge in [0.05, 0.1) is 18.3 Å². The van der Waals surface area contributed by atoms with Crippen LogP contribution in [-0.2, 0) is 12.0 Å². The van der Waals surface area contributed by atoms with E-state index in [0.29, 0.717) is 12.5 Å². The number of nitrogens with two attached hydrogens (primary N) is 1. The molecule has 4 heteroatoms. The van der Waals surface area contributed by atoms with Crippen LogP contribution < -0.4 is 10.5 Å². The minimum atomic E-state index is -0.0735. The quantitative estimate of drug-likeness (QED) is 0.877. The molecule has 0 atom stereocenters. The Labute approximate surface area is 111 Å². The van der Waals surface area contributed by atoms with Crippen molar-refractivity contribution in [3.8, 4) is 5.88 Å². The van der Waals surface area contributed by atoms with Gasteiger partial charge in [-0.05, 0) is 46.1 Å². The molecule has 0 aliphatic rings. The van der Waals surface area contributed by atoms with Gasteiger partial charge in [0, 0.05) is 5.56 Å². The Morgan fingerprint density at radius 2 is 1.94 bits per heavy atom. The molecule has 0 aromatic carbocycles. The number of aromatic nitrogens is 2. The Bertz CT molecular complexity index is 388. The molecular formula is C14H27N3O. The minimum Gasteiger partial charge on any atom is -0.481 e. The highest BCUT2D eigenvalue weighted by Gasteiger charge is 2.26. The van der Waals surface area contributed by atoms with E-state index in [2.05, 4.69) is 34.6 Å². The van der Waals surface area contributed by atoms with Gasteiger partial charge < -0.3 is 10.5 Å². The summed E-state index contributed by atoms with van der Waals surface area (Å²) in [7, 11) is 1.72. The van der Waals surface area contributed by atoms with Crippen LogP contribution in [0.4, 0.5) is 0 Å². The van der Waals surface area contributed by atoms with E-state index in [-0.39, 0.29) is 5.54 Å². The van der Waals surface area contributed by atoms with Crippen molar-refractivity contribution in [1.82, 2.24) is 9.78 Å². The molecule has 0 saturated carbocycles. The third kappa shape index (κ3) is 3.05. The average Bonchev–Trinajstić information content (AvgIpc) is 2.64. The van der Waals surface area contributed by atoms with Crippen LogP contribution in [0.25, 0.3) is 0 Å². The predicted molar refractivity (Wildman–Crippen MR) is 75.2 cm³/mol. The van der Waals surface area contributed by atoms with E-state index >= 15 is 0 Å². The lowest BCUT2D eigenvalue weighted by Crippen LogP contribution is -2.24. The second kappa shape index (κ2) is 5.74. The lowest BCUT2D eigenvalue weighted by atomic mass is 10.0. The fourth-order valence-electron chi connectivity index (χ4n) is 2.09. The van der Waals surface area contributed by atoms with Gasteiger partial charge in [-0.2, -0.15) is 5.10 Å². The summed E-state index contributed by atoms with van der Waals surface area (Å²) >= 11 is 0. The highest BCUT2D eigenvalue weighted by atomic mass is 16.5. The molecule has 0 fully saturated rings. The summed E-state index contributed by atoms with van der Waals surface area (Å²) in [5.74, 6) is 1.29. The van der Waals surface area contributed by atoms with E-state index in [9.17, 15) is 0 Å². The van der Waals surface area contributed by atoms with Crippen molar-refractivity contribution in [2.24, 2.45) is 5.73 Å². The number of methoxy groups -OCH3 is 1. The molecule has 1 heterocycles. The normalized spacial score (nSPS) is 12.2. The van der Waals surface area contributed by atoms with Gasteiger partial charge in [-0.1, -0.05) is 13.8 Å². The van der Waals surface area contributed by atoms with Gasteiger partial charge in [0.1, 0.15) is 0 Å². The Morgan fingerprint density at radius 3 is 2.33 bits per heavy atom. The van der Waals surface area contributed by atoms with Gasteiger partial charge in [0.2, 0.25) is 5.88 Å². The number of ether oxygens (including phenoxy) is 1. The summed E-state index contributed by atoms with van der Waals surface area (Å²) in [5, 5.41) is 4.76. The third-order valence-corrected chi connectivity index (χ3v) is 2.97. The van der Waals surface area contributed by atoms with E-state index < -0.39 is 0 Å². The first-order valence-electron chi connectivity index (χ1n) is 6.69. The zero-order valence-corrected chi connectivity index (χ0v) is 12.6. The molecule has 2 N–H and O–H groups in total. The van der Waals surface area contributed by atoms with Crippen molar-refractivity contribution >= 4 is 0 Å². The summed E-state index contributed by atoms with van der Waals surface area (Å²) in [4.78, 5) is 0.